The number of nitrogens with zero attached hydrogens (tertiary/aromatic N) is 1. The predicted molar refractivity (Wildman–Crippen MR) is 52.7 cm³/mol. The van der Waals surface area contributed by atoms with Gasteiger partial charge in [-0.15, -0.1) is 0 Å². The molecule has 98 valence electrons. The Hall–Kier alpha value is -0.660. The lowest BCUT2D eigenvalue weighted by molar-refractivity contribution is -1.92. The molecule has 0 fully saturated rings. The number of hydrogen-bond acceptors (Lipinski definition) is 6. The smallest absolute Gasteiger partial charge is 0.0777 e. The summed E-state index contributed by atoms with van der Waals surface area (Å²) < 4.78 is 32.7. The molecule has 1 heterocycles. The third-order valence-electron chi connectivity index (χ3n) is 2.96. The van der Waals surface area contributed by atoms with Crippen LogP contribution in [0.3, 0.4) is 0 Å². The van der Waals surface area contributed by atoms with Gasteiger partial charge in [-0.1, -0.05) is 0 Å². The SMILES string of the molecule is CN1CCC(=N)C2=C1CCCC2.[O-][Cl+3]([O-])([O-])O. The molecule has 0 atom stereocenters. The van der Waals surface area contributed by atoms with Crippen molar-refractivity contribution in [3.05, 3.63) is 11.3 Å². The van der Waals surface area contributed by atoms with Crippen LogP contribution in [0.5, 0.6) is 0 Å². The van der Waals surface area contributed by atoms with Crippen molar-refractivity contribution in [2.75, 3.05) is 13.6 Å². The van der Waals surface area contributed by atoms with Crippen LogP contribution in [-0.4, -0.2) is 28.9 Å². The second-order valence-electron chi connectivity index (χ2n) is 4.18. The minimum atomic E-state index is -4.69. The summed E-state index contributed by atoms with van der Waals surface area (Å²) in [5.74, 6) is 0. The molecule has 2 aliphatic rings. The highest BCUT2D eigenvalue weighted by molar-refractivity contribution is 5.99. The van der Waals surface area contributed by atoms with Crippen molar-refractivity contribution in [1.82, 2.24) is 4.90 Å². The lowest BCUT2D eigenvalue weighted by Crippen LogP contribution is -2.58. The molecule has 1 aliphatic heterocycles. The van der Waals surface area contributed by atoms with Crippen molar-refractivity contribution < 1.29 is 28.9 Å². The van der Waals surface area contributed by atoms with Gasteiger partial charge in [-0.2, -0.15) is 14.0 Å². The van der Waals surface area contributed by atoms with Crippen LogP contribution in [0.4, 0.5) is 0 Å². The molecule has 0 aromatic heterocycles. The second kappa shape index (κ2) is 5.79. The molecule has 0 bridgehead atoms. The van der Waals surface area contributed by atoms with Gasteiger partial charge in [-0.05, 0) is 31.3 Å². The van der Waals surface area contributed by atoms with Gasteiger partial charge in [-0.3, -0.25) is 0 Å². The van der Waals surface area contributed by atoms with E-state index in [2.05, 4.69) is 11.9 Å². The molecule has 2 rings (SSSR count). The molecule has 0 unspecified atom stereocenters. The van der Waals surface area contributed by atoms with Crippen molar-refractivity contribution in [2.45, 2.75) is 32.1 Å². The van der Waals surface area contributed by atoms with Crippen LogP contribution in [0.1, 0.15) is 32.1 Å². The maximum absolute atomic E-state index is 8.60. The van der Waals surface area contributed by atoms with E-state index in [-0.39, 0.29) is 0 Å². The maximum atomic E-state index is 8.60. The first kappa shape index (κ1) is 14.4. The van der Waals surface area contributed by atoms with Gasteiger partial charge >= 0.3 is 0 Å². The zero-order valence-electron chi connectivity index (χ0n) is 9.74. The molecule has 0 saturated heterocycles. The highest BCUT2D eigenvalue weighted by atomic mass is 35.7. The molecular weight excluding hydrogens is 248 g/mol. The normalized spacial score (nSPS) is 20.8. The molecule has 1 aliphatic carbocycles. The average molecular weight is 265 g/mol. The third kappa shape index (κ3) is 5.01. The molecule has 6 nitrogen and oxygen atoms in total. The van der Waals surface area contributed by atoms with E-state index < -0.39 is 10.2 Å². The van der Waals surface area contributed by atoms with Crippen LogP contribution in [-0.2, 0) is 0 Å². The van der Waals surface area contributed by atoms with Crippen molar-refractivity contribution in [3.8, 4) is 0 Å². The monoisotopic (exact) mass is 264 g/mol. The fourth-order valence-corrected chi connectivity index (χ4v) is 2.20. The van der Waals surface area contributed by atoms with E-state index in [0.717, 1.165) is 25.1 Å². The van der Waals surface area contributed by atoms with E-state index in [1.54, 1.807) is 0 Å². The Morgan fingerprint density at radius 2 is 1.71 bits per heavy atom. The quantitative estimate of drug-likeness (QED) is 0.527. The van der Waals surface area contributed by atoms with Gasteiger partial charge in [-0.25, -0.2) is 0 Å². The first-order valence-corrected chi connectivity index (χ1v) is 6.69. The lowest BCUT2D eigenvalue weighted by atomic mass is 9.88. The van der Waals surface area contributed by atoms with E-state index >= 15 is 0 Å². The number of halogens is 1. The molecule has 0 radical (unpaired) electrons. The molecule has 0 aromatic rings. The first-order chi connectivity index (χ1) is 7.79. The predicted octanol–water partition coefficient (Wildman–Crippen LogP) is -1.95. The highest BCUT2D eigenvalue weighted by Gasteiger charge is 2.23. The molecule has 17 heavy (non-hydrogen) atoms. The van der Waals surface area contributed by atoms with Crippen LogP contribution < -0.4 is 14.0 Å². The molecule has 0 amide bonds. The highest BCUT2D eigenvalue weighted by Crippen LogP contribution is 2.30. The summed E-state index contributed by atoms with van der Waals surface area (Å²) in [6, 6.07) is 0. The Labute approximate surface area is 102 Å². The Morgan fingerprint density at radius 1 is 1.18 bits per heavy atom. The molecule has 0 aromatic carbocycles. The molecule has 7 heteroatoms. The minimum Gasteiger partial charge on any atom is -0.377 e. The summed E-state index contributed by atoms with van der Waals surface area (Å²) in [6.07, 6.45) is 5.91. The van der Waals surface area contributed by atoms with Crippen LogP contribution in [0.15, 0.2) is 11.3 Å². The topological polar surface area (TPSA) is 117 Å². The summed E-state index contributed by atoms with van der Waals surface area (Å²) in [5, 5.41) is 7.82. The summed E-state index contributed by atoms with van der Waals surface area (Å²) in [6.45, 7) is 1.05. The zero-order valence-corrected chi connectivity index (χ0v) is 10.5. The number of rotatable bonds is 0. The van der Waals surface area contributed by atoms with Crippen molar-refractivity contribution >= 4 is 5.71 Å². The largest absolute Gasteiger partial charge is 0.377 e. The fourth-order valence-electron chi connectivity index (χ4n) is 2.20. The van der Waals surface area contributed by atoms with Gasteiger partial charge in [0.05, 0.1) is 14.9 Å². The summed E-state index contributed by atoms with van der Waals surface area (Å²) in [5.41, 5.74) is 3.72. The Bertz CT molecular complexity index is 319. The zero-order chi connectivity index (χ0) is 13.1. The van der Waals surface area contributed by atoms with Crippen LogP contribution >= 0.6 is 0 Å². The summed E-state index contributed by atoms with van der Waals surface area (Å²) >= 11 is 0. The molecule has 0 saturated carbocycles. The van der Waals surface area contributed by atoms with Crippen LogP contribution in [0.25, 0.3) is 0 Å². The number of allylic oxidation sites excluding steroid dienone is 2. The van der Waals surface area contributed by atoms with Gasteiger partial charge in [0, 0.05) is 31.4 Å². The standard InChI is InChI=1S/C10H16N2.ClHO4/c1-12-7-6-9(11)8-4-2-3-5-10(8)12;2-1(3,4)5/h11H,2-7H2,1H3;(H,2,3,4,5). The lowest BCUT2D eigenvalue weighted by Gasteiger charge is -2.33. The molecular formula is C10H17ClN2O4. The van der Waals surface area contributed by atoms with Gasteiger partial charge in [0.25, 0.3) is 0 Å². The van der Waals surface area contributed by atoms with Gasteiger partial charge < -0.3 is 10.3 Å². The Balaban J connectivity index is 0.000000249. The first-order valence-electron chi connectivity index (χ1n) is 5.43. The van der Waals surface area contributed by atoms with Crippen molar-refractivity contribution in [3.63, 3.8) is 0 Å². The van der Waals surface area contributed by atoms with Crippen molar-refractivity contribution in [2.24, 2.45) is 0 Å². The molecule has 2 N–H and O–H groups in total. The van der Waals surface area contributed by atoms with Crippen molar-refractivity contribution in [1.29, 1.82) is 5.41 Å². The Morgan fingerprint density at radius 3 is 2.24 bits per heavy atom. The van der Waals surface area contributed by atoms with E-state index in [9.17, 15) is 0 Å². The van der Waals surface area contributed by atoms with E-state index in [1.165, 1.54) is 30.5 Å². The van der Waals surface area contributed by atoms with Gasteiger partial charge in [0.1, 0.15) is 0 Å². The molecule has 0 spiro atoms. The van der Waals surface area contributed by atoms with E-state index in [1.807, 2.05) is 0 Å². The minimum absolute atomic E-state index is 0.905. The average Bonchev–Trinajstić information content (AvgIpc) is 2.22. The fraction of sp³-hybridized carbons (Fsp3) is 0.700. The number of nitrogens with one attached hydrogen (secondary N) is 1. The summed E-state index contributed by atoms with van der Waals surface area (Å²) in [7, 11) is -2.53. The van der Waals surface area contributed by atoms with Crippen LogP contribution in [0.2, 0.25) is 0 Å². The summed E-state index contributed by atoms with van der Waals surface area (Å²) in [4.78, 5) is 2.34. The van der Waals surface area contributed by atoms with Gasteiger partial charge in [0.15, 0.2) is 0 Å². The third-order valence-corrected chi connectivity index (χ3v) is 2.96. The van der Waals surface area contributed by atoms with Crippen LogP contribution in [0, 0.1) is 15.7 Å². The maximum Gasteiger partial charge on any atom is 0.0777 e. The van der Waals surface area contributed by atoms with Gasteiger partial charge in [0.2, 0.25) is 0 Å². The number of hydrogen-bond donors (Lipinski definition) is 2. The van der Waals surface area contributed by atoms with E-state index in [4.69, 9.17) is 24.0 Å². The second-order valence-corrected chi connectivity index (χ2v) is 4.97. The Kier molecular flexibility index (Phi) is 4.91. The van der Waals surface area contributed by atoms with E-state index in [0.29, 0.717) is 0 Å².